The maximum absolute atomic E-state index is 6.05. The smallest absolute Gasteiger partial charge is 0.168 e. The van der Waals surface area contributed by atoms with Crippen LogP contribution in [0.15, 0.2) is 0 Å². The van der Waals surface area contributed by atoms with Crippen molar-refractivity contribution in [2.75, 3.05) is 6.61 Å². The van der Waals surface area contributed by atoms with E-state index in [0.717, 1.165) is 19.4 Å². The lowest BCUT2D eigenvalue weighted by Gasteiger charge is -2.46. The molecule has 14 heavy (non-hydrogen) atoms. The van der Waals surface area contributed by atoms with Gasteiger partial charge in [0.05, 0.1) is 12.2 Å². The van der Waals surface area contributed by atoms with Gasteiger partial charge < -0.3 is 9.47 Å². The zero-order valence-electron chi connectivity index (χ0n) is 10.2. The van der Waals surface area contributed by atoms with E-state index in [9.17, 15) is 0 Å². The molecule has 1 aliphatic heterocycles. The summed E-state index contributed by atoms with van der Waals surface area (Å²) in [5.41, 5.74) is -0.0327. The van der Waals surface area contributed by atoms with E-state index >= 15 is 0 Å². The molecular weight excluding hydrogens is 176 g/mol. The third-order valence-corrected chi connectivity index (χ3v) is 3.19. The Hall–Kier alpha value is -0.0800. The molecule has 0 aromatic carbocycles. The Bertz CT molecular complexity index is 189. The van der Waals surface area contributed by atoms with Crippen LogP contribution >= 0.6 is 0 Å². The van der Waals surface area contributed by atoms with E-state index in [0.29, 0.717) is 5.92 Å². The minimum atomic E-state index is -0.377. The molecule has 0 aromatic heterocycles. The monoisotopic (exact) mass is 200 g/mol. The van der Waals surface area contributed by atoms with Gasteiger partial charge in [0, 0.05) is 5.92 Å². The van der Waals surface area contributed by atoms with Crippen molar-refractivity contribution >= 4 is 0 Å². The number of hydrogen-bond acceptors (Lipinski definition) is 2. The highest BCUT2D eigenvalue weighted by molar-refractivity contribution is 4.82. The van der Waals surface area contributed by atoms with Gasteiger partial charge >= 0.3 is 0 Å². The molecule has 1 aliphatic rings. The lowest BCUT2D eigenvalue weighted by Crippen LogP contribution is -2.50. The van der Waals surface area contributed by atoms with Crippen LogP contribution in [0.25, 0.3) is 0 Å². The molecular formula is C12H24O2. The second kappa shape index (κ2) is 4.19. The molecule has 1 saturated heterocycles. The molecule has 84 valence electrons. The van der Waals surface area contributed by atoms with Gasteiger partial charge in [-0.3, -0.25) is 0 Å². The first kappa shape index (κ1) is 12.0. The summed E-state index contributed by atoms with van der Waals surface area (Å²) in [6.45, 7) is 11.6. The van der Waals surface area contributed by atoms with Gasteiger partial charge in [0.15, 0.2) is 5.79 Å². The Labute approximate surface area is 88.0 Å². The van der Waals surface area contributed by atoms with Crippen molar-refractivity contribution in [1.82, 2.24) is 0 Å². The van der Waals surface area contributed by atoms with Gasteiger partial charge in [0.2, 0.25) is 0 Å². The Morgan fingerprint density at radius 1 is 1.29 bits per heavy atom. The van der Waals surface area contributed by atoms with E-state index in [2.05, 4.69) is 34.6 Å². The standard InChI is InChI=1S/C12H24O2/c1-6-7-10(2)12(5)13-9-8-11(3,4)14-12/h10H,6-9H2,1-5H3. The molecule has 1 fully saturated rings. The van der Waals surface area contributed by atoms with Crippen LogP contribution in [0.1, 0.15) is 53.9 Å². The molecule has 0 bridgehead atoms. The van der Waals surface area contributed by atoms with Gasteiger partial charge in [-0.25, -0.2) is 0 Å². The number of rotatable bonds is 3. The lowest BCUT2D eigenvalue weighted by molar-refractivity contribution is -0.331. The predicted molar refractivity (Wildman–Crippen MR) is 58.2 cm³/mol. The van der Waals surface area contributed by atoms with Crippen LogP contribution in [-0.4, -0.2) is 18.0 Å². The summed E-state index contributed by atoms with van der Waals surface area (Å²) < 4.78 is 11.8. The van der Waals surface area contributed by atoms with Gasteiger partial charge in [-0.1, -0.05) is 20.3 Å². The average molecular weight is 200 g/mol. The van der Waals surface area contributed by atoms with Crippen LogP contribution in [0.5, 0.6) is 0 Å². The molecule has 0 spiro atoms. The Kier molecular flexibility index (Phi) is 3.59. The summed E-state index contributed by atoms with van der Waals surface area (Å²) >= 11 is 0. The molecule has 1 rings (SSSR count). The minimum absolute atomic E-state index is 0.0327. The van der Waals surface area contributed by atoms with E-state index in [1.54, 1.807) is 0 Å². The number of hydrogen-bond donors (Lipinski definition) is 0. The topological polar surface area (TPSA) is 18.5 Å². The molecule has 0 aromatic rings. The number of ether oxygens (including phenoxy) is 2. The van der Waals surface area contributed by atoms with E-state index < -0.39 is 0 Å². The van der Waals surface area contributed by atoms with Crippen molar-refractivity contribution in [1.29, 1.82) is 0 Å². The molecule has 2 heteroatoms. The Balaban J connectivity index is 2.63. The molecule has 0 amide bonds. The van der Waals surface area contributed by atoms with Crippen LogP contribution in [-0.2, 0) is 9.47 Å². The highest BCUT2D eigenvalue weighted by Gasteiger charge is 2.41. The molecule has 0 radical (unpaired) electrons. The van der Waals surface area contributed by atoms with Crippen LogP contribution in [0, 0.1) is 5.92 Å². The van der Waals surface area contributed by atoms with E-state index in [-0.39, 0.29) is 11.4 Å². The predicted octanol–water partition coefficient (Wildman–Crippen LogP) is 3.35. The molecule has 0 saturated carbocycles. The lowest BCUT2D eigenvalue weighted by atomic mass is 9.93. The summed E-state index contributed by atoms with van der Waals surface area (Å²) in [4.78, 5) is 0. The Morgan fingerprint density at radius 2 is 1.93 bits per heavy atom. The summed E-state index contributed by atoms with van der Waals surface area (Å²) in [5, 5.41) is 0. The molecule has 2 nitrogen and oxygen atoms in total. The van der Waals surface area contributed by atoms with Crippen LogP contribution in [0.2, 0.25) is 0 Å². The second-order valence-corrected chi connectivity index (χ2v) is 5.17. The fourth-order valence-electron chi connectivity index (χ4n) is 2.07. The van der Waals surface area contributed by atoms with Crippen LogP contribution in [0.3, 0.4) is 0 Å². The van der Waals surface area contributed by atoms with Crippen molar-refractivity contribution in [2.45, 2.75) is 65.3 Å². The normalized spacial score (nSPS) is 34.1. The molecule has 2 atom stereocenters. The van der Waals surface area contributed by atoms with E-state index in [1.807, 2.05) is 0 Å². The fourth-order valence-corrected chi connectivity index (χ4v) is 2.07. The molecule has 0 N–H and O–H groups in total. The average Bonchev–Trinajstić information content (AvgIpc) is 2.02. The summed E-state index contributed by atoms with van der Waals surface area (Å²) in [6.07, 6.45) is 3.33. The van der Waals surface area contributed by atoms with E-state index in [4.69, 9.17) is 9.47 Å². The first-order valence-corrected chi connectivity index (χ1v) is 5.74. The van der Waals surface area contributed by atoms with Gasteiger partial charge in [0.25, 0.3) is 0 Å². The van der Waals surface area contributed by atoms with Gasteiger partial charge in [-0.15, -0.1) is 0 Å². The largest absolute Gasteiger partial charge is 0.350 e. The van der Waals surface area contributed by atoms with Crippen molar-refractivity contribution < 1.29 is 9.47 Å². The quantitative estimate of drug-likeness (QED) is 0.695. The third-order valence-electron chi connectivity index (χ3n) is 3.19. The third kappa shape index (κ3) is 2.71. The highest BCUT2D eigenvalue weighted by Crippen LogP contribution is 2.36. The van der Waals surface area contributed by atoms with Gasteiger partial charge in [-0.2, -0.15) is 0 Å². The highest BCUT2D eigenvalue weighted by atomic mass is 16.7. The van der Waals surface area contributed by atoms with Crippen molar-refractivity contribution in [3.8, 4) is 0 Å². The van der Waals surface area contributed by atoms with Crippen molar-refractivity contribution in [3.63, 3.8) is 0 Å². The molecule has 0 aliphatic carbocycles. The first-order chi connectivity index (χ1) is 6.40. The maximum atomic E-state index is 6.05. The zero-order chi connectivity index (χ0) is 10.8. The SMILES string of the molecule is CCCC(C)C1(C)OCCC(C)(C)O1. The zero-order valence-corrected chi connectivity index (χ0v) is 10.2. The maximum Gasteiger partial charge on any atom is 0.168 e. The van der Waals surface area contributed by atoms with Gasteiger partial charge in [-0.05, 0) is 33.6 Å². The fraction of sp³-hybridized carbons (Fsp3) is 1.00. The Morgan fingerprint density at radius 3 is 2.43 bits per heavy atom. The van der Waals surface area contributed by atoms with E-state index in [1.165, 1.54) is 6.42 Å². The van der Waals surface area contributed by atoms with Crippen LogP contribution < -0.4 is 0 Å². The molecule has 2 unspecified atom stereocenters. The van der Waals surface area contributed by atoms with Gasteiger partial charge in [0.1, 0.15) is 0 Å². The second-order valence-electron chi connectivity index (χ2n) is 5.17. The van der Waals surface area contributed by atoms with Crippen molar-refractivity contribution in [3.05, 3.63) is 0 Å². The summed E-state index contributed by atoms with van der Waals surface area (Å²) in [6, 6.07) is 0. The minimum Gasteiger partial charge on any atom is -0.350 e. The van der Waals surface area contributed by atoms with Crippen LogP contribution in [0.4, 0.5) is 0 Å². The summed E-state index contributed by atoms with van der Waals surface area (Å²) in [7, 11) is 0. The molecule has 1 heterocycles. The first-order valence-electron chi connectivity index (χ1n) is 5.74. The summed E-state index contributed by atoms with van der Waals surface area (Å²) in [5.74, 6) is 0.0877. The van der Waals surface area contributed by atoms with Crippen molar-refractivity contribution in [2.24, 2.45) is 5.92 Å².